The molecule has 0 aromatic heterocycles. The van der Waals surface area contributed by atoms with E-state index < -0.39 is 0 Å². The van der Waals surface area contributed by atoms with E-state index in [1.54, 1.807) is 0 Å². The Labute approximate surface area is 107 Å². The van der Waals surface area contributed by atoms with Gasteiger partial charge in [0.15, 0.2) is 0 Å². The molecular weight excluding hydrogens is 226 g/mol. The Morgan fingerprint density at radius 3 is 2.89 bits per heavy atom. The quantitative estimate of drug-likeness (QED) is 0.773. The zero-order valence-electron chi connectivity index (χ0n) is 10.7. The van der Waals surface area contributed by atoms with Gasteiger partial charge in [-0.3, -0.25) is 4.79 Å². The minimum absolute atomic E-state index is 0.0329. The maximum absolute atomic E-state index is 12.1. The molecule has 2 N–H and O–H groups in total. The van der Waals surface area contributed by atoms with Crippen LogP contribution in [0.4, 0.5) is 0 Å². The fourth-order valence-electron chi connectivity index (χ4n) is 1.92. The summed E-state index contributed by atoms with van der Waals surface area (Å²) >= 11 is 0. The number of carbonyl (C=O) groups excluding carboxylic acids is 1. The van der Waals surface area contributed by atoms with E-state index in [1.165, 1.54) is 0 Å². The molecule has 1 saturated carbocycles. The molecule has 1 amide bonds. The van der Waals surface area contributed by atoms with Gasteiger partial charge >= 0.3 is 0 Å². The number of aliphatic hydroxyl groups excluding tert-OH is 1. The van der Waals surface area contributed by atoms with Crippen LogP contribution in [0.15, 0.2) is 18.2 Å². The molecule has 0 bridgehead atoms. The molecule has 0 saturated heterocycles. The molecule has 1 aromatic rings. The van der Waals surface area contributed by atoms with Crippen LogP contribution in [0.1, 0.15) is 34.8 Å². The molecular formula is C15H17NO2. The summed E-state index contributed by atoms with van der Waals surface area (Å²) in [5.74, 6) is 6.02. The Kier molecular flexibility index (Phi) is 3.69. The van der Waals surface area contributed by atoms with Gasteiger partial charge in [-0.25, -0.2) is 0 Å². The number of hydrogen-bond donors (Lipinski definition) is 2. The van der Waals surface area contributed by atoms with Crippen LogP contribution in [0.2, 0.25) is 0 Å². The van der Waals surface area contributed by atoms with Crippen LogP contribution >= 0.6 is 0 Å². The van der Waals surface area contributed by atoms with Crippen molar-refractivity contribution in [3.63, 3.8) is 0 Å². The van der Waals surface area contributed by atoms with Gasteiger partial charge in [0, 0.05) is 17.2 Å². The van der Waals surface area contributed by atoms with E-state index >= 15 is 0 Å². The molecule has 2 unspecified atom stereocenters. The van der Waals surface area contributed by atoms with Gasteiger partial charge in [0.2, 0.25) is 0 Å². The van der Waals surface area contributed by atoms with Crippen molar-refractivity contribution in [1.29, 1.82) is 0 Å². The van der Waals surface area contributed by atoms with Gasteiger partial charge < -0.3 is 10.4 Å². The SMILES string of the molecule is Cc1c(C#CCO)cccc1C(=O)NC1CC1C. The molecule has 3 heteroatoms. The van der Waals surface area contributed by atoms with Crippen LogP contribution < -0.4 is 5.32 Å². The third-order valence-corrected chi connectivity index (χ3v) is 3.31. The van der Waals surface area contributed by atoms with Gasteiger partial charge in [-0.15, -0.1) is 0 Å². The standard InChI is InChI=1S/C15H17NO2/c1-10-9-14(10)16-15(18)13-7-3-5-12(11(13)2)6-4-8-17/h3,5,7,10,14,17H,8-9H2,1-2H3,(H,16,18). The first kappa shape index (κ1) is 12.7. The molecule has 0 heterocycles. The van der Waals surface area contributed by atoms with E-state index in [0.29, 0.717) is 17.5 Å². The van der Waals surface area contributed by atoms with Gasteiger partial charge in [-0.1, -0.05) is 24.8 Å². The third kappa shape index (κ3) is 2.72. The molecule has 0 spiro atoms. The van der Waals surface area contributed by atoms with E-state index in [-0.39, 0.29) is 12.5 Å². The van der Waals surface area contributed by atoms with Crippen molar-refractivity contribution in [1.82, 2.24) is 5.32 Å². The maximum Gasteiger partial charge on any atom is 0.251 e. The molecule has 1 fully saturated rings. The van der Waals surface area contributed by atoms with Gasteiger partial charge in [0.25, 0.3) is 5.91 Å². The Hall–Kier alpha value is -1.79. The number of hydrogen-bond acceptors (Lipinski definition) is 2. The van der Waals surface area contributed by atoms with Crippen LogP contribution in [-0.4, -0.2) is 23.7 Å². The monoisotopic (exact) mass is 243 g/mol. The first-order valence-corrected chi connectivity index (χ1v) is 6.13. The van der Waals surface area contributed by atoms with Crippen molar-refractivity contribution < 1.29 is 9.90 Å². The molecule has 0 radical (unpaired) electrons. The zero-order chi connectivity index (χ0) is 13.1. The highest BCUT2D eigenvalue weighted by Crippen LogP contribution is 2.29. The highest BCUT2D eigenvalue weighted by Gasteiger charge is 2.34. The van der Waals surface area contributed by atoms with Crippen molar-refractivity contribution in [2.45, 2.75) is 26.3 Å². The van der Waals surface area contributed by atoms with E-state index in [0.717, 1.165) is 17.5 Å². The number of carbonyl (C=O) groups is 1. The topological polar surface area (TPSA) is 49.3 Å². The summed E-state index contributed by atoms with van der Waals surface area (Å²) < 4.78 is 0. The predicted molar refractivity (Wildman–Crippen MR) is 70.2 cm³/mol. The molecule has 0 aliphatic heterocycles. The number of benzene rings is 1. The largest absolute Gasteiger partial charge is 0.384 e. The summed E-state index contributed by atoms with van der Waals surface area (Å²) in [6.45, 7) is 3.84. The Bertz CT molecular complexity index is 525. The Morgan fingerprint density at radius 1 is 1.56 bits per heavy atom. The number of amides is 1. The minimum Gasteiger partial charge on any atom is -0.384 e. The van der Waals surface area contributed by atoms with Crippen molar-refractivity contribution in [3.05, 3.63) is 34.9 Å². The first-order valence-electron chi connectivity index (χ1n) is 6.13. The molecule has 94 valence electrons. The highest BCUT2D eigenvalue weighted by molar-refractivity contribution is 5.96. The fourth-order valence-corrected chi connectivity index (χ4v) is 1.92. The molecule has 2 atom stereocenters. The molecule has 3 nitrogen and oxygen atoms in total. The second kappa shape index (κ2) is 5.24. The van der Waals surface area contributed by atoms with Crippen LogP contribution in [0.25, 0.3) is 0 Å². The second-order valence-corrected chi connectivity index (χ2v) is 4.73. The second-order valence-electron chi connectivity index (χ2n) is 4.73. The summed E-state index contributed by atoms with van der Waals surface area (Å²) in [6, 6.07) is 5.81. The van der Waals surface area contributed by atoms with Crippen LogP contribution in [-0.2, 0) is 0 Å². The highest BCUT2D eigenvalue weighted by atomic mass is 16.2. The van der Waals surface area contributed by atoms with Crippen molar-refractivity contribution in [2.75, 3.05) is 6.61 Å². The lowest BCUT2D eigenvalue weighted by molar-refractivity contribution is 0.0948. The zero-order valence-corrected chi connectivity index (χ0v) is 10.7. The summed E-state index contributed by atoms with van der Waals surface area (Å²) in [6.07, 6.45) is 1.06. The van der Waals surface area contributed by atoms with Crippen molar-refractivity contribution in [3.8, 4) is 11.8 Å². The number of aliphatic hydroxyl groups is 1. The van der Waals surface area contributed by atoms with E-state index in [4.69, 9.17) is 5.11 Å². The fraction of sp³-hybridized carbons (Fsp3) is 0.400. The smallest absolute Gasteiger partial charge is 0.251 e. The molecule has 1 aliphatic carbocycles. The Morgan fingerprint density at radius 2 is 2.28 bits per heavy atom. The minimum atomic E-state index is -0.171. The average Bonchev–Trinajstić information content (AvgIpc) is 3.03. The number of rotatable bonds is 2. The summed E-state index contributed by atoms with van der Waals surface area (Å²) in [7, 11) is 0. The van der Waals surface area contributed by atoms with Gasteiger partial charge in [-0.05, 0) is 37.0 Å². The van der Waals surface area contributed by atoms with Gasteiger partial charge in [0.05, 0.1) is 0 Å². The molecule has 1 aliphatic rings. The first-order chi connectivity index (χ1) is 8.63. The lowest BCUT2D eigenvalue weighted by Crippen LogP contribution is -2.27. The maximum atomic E-state index is 12.1. The lowest BCUT2D eigenvalue weighted by atomic mass is 10.0. The number of nitrogens with one attached hydrogen (secondary N) is 1. The van der Waals surface area contributed by atoms with Crippen molar-refractivity contribution in [2.24, 2.45) is 5.92 Å². The normalized spacial score (nSPS) is 20.8. The van der Waals surface area contributed by atoms with Crippen LogP contribution in [0, 0.1) is 24.7 Å². The van der Waals surface area contributed by atoms with E-state index in [1.807, 2.05) is 25.1 Å². The van der Waals surface area contributed by atoms with Gasteiger partial charge in [0.1, 0.15) is 6.61 Å². The molecule has 18 heavy (non-hydrogen) atoms. The summed E-state index contributed by atoms with van der Waals surface area (Å²) in [4.78, 5) is 12.1. The van der Waals surface area contributed by atoms with E-state index in [2.05, 4.69) is 24.1 Å². The van der Waals surface area contributed by atoms with Crippen LogP contribution in [0.5, 0.6) is 0 Å². The molecule has 1 aromatic carbocycles. The Balaban J connectivity index is 2.19. The van der Waals surface area contributed by atoms with Crippen LogP contribution in [0.3, 0.4) is 0 Å². The third-order valence-electron chi connectivity index (χ3n) is 3.31. The lowest BCUT2D eigenvalue weighted by Gasteiger charge is -2.08. The summed E-state index contributed by atoms with van der Waals surface area (Å²) in [5, 5.41) is 11.7. The van der Waals surface area contributed by atoms with Crippen molar-refractivity contribution >= 4 is 5.91 Å². The average molecular weight is 243 g/mol. The predicted octanol–water partition coefficient (Wildman–Crippen LogP) is 1.48. The summed E-state index contributed by atoms with van der Waals surface area (Å²) in [5.41, 5.74) is 2.32. The molecule has 2 rings (SSSR count). The van der Waals surface area contributed by atoms with Gasteiger partial charge in [-0.2, -0.15) is 0 Å². The van der Waals surface area contributed by atoms with E-state index in [9.17, 15) is 4.79 Å².